The lowest BCUT2D eigenvalue weighted by Crippen LogP contribution is -2.50. The summed E-state index contributed by atoms with van der Waals surface area (Å²) in [4.78, 5) is 2.58. The van der Waals surface area contributed by atoms with Crippen LogP contribution in [0.1, 0.15) is 54.4 Å². The Morgan fingerprint density at radius 2 is 1.56 bits per heavy atom. The Balaban J connectivity index is 2.32. The molecule has 0 amide bonds. The summed E-state index contributed by atoms with van der Waals surface area (Å²) < 4.78 is 0. The molecule has 0 aromatic heterocycles. The summed E-state index contributed by atoms with van der Waals surface area (Å²) in [6.45, 7) is 16.4. The highest BCUT2D eigenvalue weighted by Gasteiger charge is 2.26. The lowest BCUT2D eigenvalue weighted by molar-refractivity contribution is 0.145. The van der Waals surface area contributed by atoms with Crippen molar-refractivity contribution in [1.29, 1.82) is 0 Å². The van der Waals surface area contributed by atoms with Gasteiger partial charge in [-0.05, 0) is 52.1 Å². The zero-order chi connectivity index (χ0) is 12.3. The summed E-state index contributed by atoms with van der Waals surface area (Å²) in [6, 6.07) is 2.04. The van der Waals surface area contributed by atoms with E-state index in [4.69, 9.17) is 0 Å². The molecule has 0 aromatic carbocycles. The summed E-state index contributed by atoms with van der Waals surface area (Å²) in [7, 11) is 0. The molecule has 2 nitrogen and oxygen atoms in total. The summed E-state index contributed by atoms with van der Waals surface area (Å²) in [6.07, 6.45) is 2.61. The van der Waals surface area contributed by atoms with Crippen LogP contribution in [-0.4, -0.2) is 36.1 Å². The summed E-state index contributed by atoms with van der Waals surface area (Å²) in [5, 5.41) is 3.79. The predicted octanol–water partition coefficient (Wildman–Crippen LogP) is 2.88. The highest BCUT2D eigenvalue weighted by Crippen LogP contribution is 2.21. The fourth-order valence-electron chi connectivity index (χ4n) is 2.19. The Hall–Kier alpha value is -0.0800. The normalized spacial score (nSPS) is 22.7. The van der Waals surface area contributed by atoms with E-state index in [9.17, 15) is 0 Å². The molecule has 0 aromatic rings. The van der Waals surface area contributed by atoms with Crippen molar-refractivity contribution in [2.45, 2.75) is 72.5 Å². The van der Waals surface area contributed by atoms with Crippen molar-refractivity contribution in [1.82, 2.24) is 10.2 Å². The molecule has 1 fully saturated rings. The van der Waals surface area contributed by atoms with Crippen molar-refractivity contribution in [2.75, 3.05) is 13.1 Å². The van der Waals surface area contributed by atoms with Crippen LogP contribution in [0.2, 0.25) is 0 Å². The number of piperidine rings is 1. The Labute approximate surface area is 102 Å². The van der Waals surface area contributed by atoms with E-state index >= 15 is 0 Å². The summed E-state index contributed by atoms with van der Waals surface area (Å²) >= 11 is 0. The summed E-state index contributed by atoms with van der Waals surface area (Å²) in [5.74, 6) is 0. The third kappa shape index (κ3) is 4.06. The molecule has 96 valence electrons. The Kier molecular flexibility index (Phi) is 4.81. The lowest BCUT2D eigenvalue weighted by Gasteiger charge is -2.38. The number of nitrogens with one attached hydrogen (secondary N) is 1. The molecular weight excluding hydrogens is 196 g/mol. The maximum atomic E-state index is 3.79. The van der Waals surface area contributed by atoms with E-state index in [0.29, 0.717) is 17.5 Å². The minimum absolute atomic E-state index is 0.370. The maximum Gasteiger partial charge on any atom is 0.00941 e. The zero-order valence-corrected chi connectivity index (χ0v) is 12.0. The first-order chi connectivity index (χ1) is 7.30. The standard InChI is InChI=1S/C14H30N2/c1-11(2)16-9-7-13(8-10-16)15-12(3)14(4,5)6/h11-13,15H,7-10H2,1-6H3. The van der Waals surface area contributed by atoms with E-state index < -0.39 is 0 Å². The van der Waals surface area contributed by atoms with Crippen molar-refractivity contribution in [3.05, 3.63) is 0 Å². The molecule has 0 bridgehead atoms. The monoisotopic (exact) mass is 226 g/mol. The van der Waals surface area contributed by atoms with Crippen LogP contribution in [0.25, 0.3) is 0 Å². The van der Waals surface area contributed by atoms with E-state index in [-0.39, 0.29) is 0 Å². The molecule has 0 aliphatic carbocycles. The number of likely N-dealkylation sites (tertiary alicyclic amines) is 1. The molecule has 1 aliphatic heterocycles. The van der Waals surface area contributed by atoms with Crippen molar-refractivity contribution >= 4 is 0 Å². The molecule has 0 saturated carbocycles. The Bertz CT molecular complexity index is 197. The fourth-order valence-corrected chi connectivity index (χ4v) is 2.19. The first kappa shape index (κ1) is 14.0. The molecular formula is C14H30N2. The molecule has 1 atom stereocenters. The minimum Gasteiger partial charge on any atom is -0.311 e. The number of hydrogen-bond donors (Lipinski definition) is 1. The molecule has 1 heterocycles. The fraction of sp³-hybridized carbons (Fsp3) is 1.00. The second-order valence-electron chi connectivity index (χ2n) is 6.66. The quantitative estimate of drug-likeness (QED) is 0.796. The molecule has 1 aliphatic rings. The second kappa shape index (κ2) is 5.50. The summed E-state index contributed by atoms with van der Waals surface area (Å²) in [5.41, 5.74) is 0.370. The van der Waals surface area contributed by atoms with Gasteiger partial charge in [0.25, 0.3) is 0 Å². The Morgan fingerprint density at radius 1 is 1.06 bits per heavy atom. The van der Waals surface area contributed by atoms with E-state index in [1.54, 1.807) is 0 Å². The highest BCUT2D eigenvalue weighted by molar-refractivity contribution is 4.84. The largest absolute Gasteiger partial charge is 0.311 e. The average molecular weight is 226 g/mol. The zero-order valence-electron chi connectivity index (χ0n) is 12.0. The number of rotatable bonds is 3. The van der Waals surface area contributed by atoms with Crippen LogP contribution in [-0.2, 0) is 0 Å². The van der Waals surface area contributed by atoms with Gasteiger partial charge in [0.2, 0.25) is 0 Å². The van der Waals surface area contributed by atoms with E-state index in [1.807, 2.05) is 0 Å². The molecule has 1 rings (SSSR count). The van der Waals surface area contributed by atoms with E-state index in [0.717, 1.165) is 6.04 Å². The Morgan fingerprint density at radius 3 is 1.94 bits per heavy atom. The molecule has 0 spiro atoms. The van der Waals surface area contributed by atoms with Crippen LogP contribution in [0.15, 0.2) is 0 Å². The molecule has 2 heteroatoms. The number of hydrogen-bond acceptors (Lipinski definition) is 2. The van der Waals surface area contributed by atoms with Gasteiger partial charge in [-0.25, -0.2) is 0 Å². The van der Waals surface area contributed by atoms with Gasteiger partial charge in [0.05, 0.1) is 0 Å². The van der Waals surface area contributed by atoms with Crippen LogP contribution in [0.5, 0.6) is 0 Å². The van der Waals surface area contributed by atoms with Gasteiger partial charge in [-0.15, -0.1) is 0 Å². The van der Waals surface area contributed by atoms with Crippen LogP contribution >= 0.6 is 0 Å². The van der Waals surface area contributed by atoms with Crippen molar-refractivity contribution in [2.24, 2.45) is 5.41 Å². The molecule has 1 N–H and O–H groups in total. The van der Waals surface area contributed by atoms with Gasteiger partial charge in [0, 0.05) is 18.1 Å². The van der Waals surface area contributed by atoms with E-state index in [2.05, 4.69) is 51.8 Å². The van der Waals surface area contributed by atoms with Crippen LogP contribution in [0.3, 0.4) is 0 Å². The van der Waals surface area contributed by atoms with Gasteiger partial charge in [0.1, 0.15) is 0 Å². The van der Waals surface area contributed by atoms with Crippen molar-refractivity contribution in [3.63, 3.8) is 0 Å². The van der Waals surface area contributed by atoms with E-state index in [1.165, 1.54) is 25.9 Å². The first-order valence-corrected chi connectivity index (χ1v) is 6.81. The highest BCUT2D eigenvalue weighted by atomic mass is 15.2. The van der Waals surface area contributed by atoms with Gasteiger partial charge >= 0.3 is 0 Å². The minimum atomic E-state index is 0.370. The predicted molar refractivity (Wildman–Crippen MR) is 71.8 cm³/mol. The average Bonchev–Trinajstić information content (AvgIpc) is 2.17. The van der Waals surface area contributed by atoms with Gasteiger partial charge in [-0.3, -0.25) is 0 Å². The molecule has 1 saturated heterocycles. The smallest absolute Gasteiger partial charge is 0.00941 e. The molecule has 0 radical (unpaired) electrons. The van der Waals surface area contributed by atoms with Gasteiger partial charge in [-0.2, -0.15) is 0 Å². The SMILES string of the molecule is CC(C)N1CCC(NC(C)C(C)(C)C)CC1. The first-order valence-electron chi connectivity index (χ1n) is 6.81. The third-order valence-electron chi connectivity index (χ3n) is 4.04. The van der Waals surface area contributed by atoms with Crippen molar-refractivity contribution in [3.8, 4) is 0 Å². The van der Waals surface area contributed by atoms with Crippen LogP contribution < -0.4 is 5.32 Å². The lowest BCUT2D eigenvalue weighted by atomic mass is 9.87. The van der Waals surface area contributed by atoms with Gasteiger partial charge in [-0.1, -0.05) is 20.8 Å². The topological polar surface area (TPSA) is 15.3 Å². The number of nitrogens with zero attached hydrogens (tertiary/aromatic N) is 1. The molecule has 1 unspecified atom stereocenters. The van der Waals surface area contributed by atoms with Gasteiger partial charge < -0.3 is 10.2 Å². The third-order valence-corrected chi connectivity index (χ3v) is 4.04. The van der Waals surface area contributed by atoms with Crippen LogP contribution in [0.4, 0.5) is 0 Å². The second-order valence-corrected chi connectivity index (χ2v) is 6.66. The van der Waals surface area contributed by atoms with Crippen molar-refractivity contribution < 1.29 is 0 Å². The van der Waals surface area contributed by atoms with Crippen LogP contribution in [0, 0.1) is 5.41 Å². The van der Waals surface area contributed by atoms with Gasteiger partial charge in [0.15, 0.2) is 0 Å². The molecule has 16 heavy (non-hydrogen) atoms. The maximum absolute atomic E-state index is 3.79.